The maximum absolute atomic E-state index is 12.3. The fraction of sp³-hybridized carbons (Fsp3) is 0.615. The standard InChI is InChI=1S/C13H19N3O3/c1-10(16-9-11(8-14-16)13(18)19)12(17)15-6-4-2-3-5-7-15/h8-10H,2-7H2,1H3,(H,18,19). The number of aromatic carboxylic acids is 1. The van der Waals surface area contributed by atoms with Gasteiger partial charge in [-0.3, -0.25) is 9.48 Å². The summed E-state index contributed by atoms with van der Waals surface area (Å²) < 4.78 is 1.43. The lowest BCUT2D eigenvalue weighted by atomic mass is 10.2. The van der Waals surface area contributed by atoms with Crippen molar-refractivity contribution in [1.29, 1.82) is 0 Å². The number of aromatic nitrogens is 2. The third kappa shape index (κ3) is 3.13. The Bertz CT molecular complexity index is 461. The van der Waals surface area contributed by atoms with Gasteiger partial charge in [-0.1, -0.05) is 12.8 Å². The highest BCUT2D eigenvalue weighted by Crippen LogP contribution is 2.15. The summed E-state index contributed by atoms with van der Waals surface area (Å²) in [5, 5.41) is 12.8. The van der Waals surface area contributed by atoms with Gasteiger partial charge in [0.15, 0.2) is 0 Å². The molecule has 0 bridgehead atoms. The Balaban J connectivity index is 2.06. The maximum atomic E-state index is 12.3. The molecular formula is C13H19N3O3. The van der Waals surface area contributed by atoms with Gasteiger partial charge in [-0.2, -0.15) is 5.10 Å². The molecule has 1 N–H and O–H groups in total. The number of carbonyl (C=O) groups is 2. The van der Waals surface area contributed by atoms with Crippen molar-refractivity contribution in [2.75, 3.05) is 13.1 Å². The van der Waals surface area contributed by atoms with E-state index < -0.39 is 12.0 Å². The highest BCUT2D eigenvalue weighted by Gasteiger charge is 2.23. The Morgan fingerprint density at radius 2 is 1.89 bits per heavy atom. The van der Waals surface area contributed by atoms with Crippen molar-refractivity contribution < 1.29 is 14.7 Å². The highest BCUT2D eigenvalue weighted by atomic mass is 16.4. The molecular weight excluding hydrogens is 246 g/mol. The zero-order valence-electron chi connectivity index (χ0n) is 11.1. The summed E-state index contributed by atoms with van der Waals surface area (Å²) >= 11 is 0. The first kappa shape index (κ1) is 13.6. The normalized spacial score (nSPS) is 17.8. The van der Waals surface area contributed by atoms with E-state index in [9.17, 15) is 9.59 Å². The van der Waals surface area contributed by atoms with Crippen molar-refractivity contribution in [3.05, 3.63) is 18.0 Å². The van der Waals surface area contributed by atoms with E-state index in [0.29, 0.717) is 0 Å². The van der Waals surface area contributed by atoms with Crippen LogP contribution in [0.25, 0.3) is 0 Å². The van der Waals surface area contributed by atoms with Gasteiger partial charge in [0.05, 0.1) is 11.8 Å². The quantitative estimate of drug-likeness (QED) is 0.899. The molecule has 1 amide bonds. The molecule has 0 radical (unpaired) electrons. The molecule has 1 aliphatic rings. The molecule has 1 aromatic heterocycles. The third-order valence-electron chi connectivity index (χ3n) is 3.52. The fourth-order valence-electron chi connectivity index (χ4n) is 2.33. The van der Waals surface area contributed by atoms with E-state index >= 15 is 0 Å². The summed E-state index contributed by atoms with van der Waals surface area (Å²) in [7, 11) is 0. The molecule has 1 unspecified atom stereocenters. The highest BCUT2D eigenvalue weighted by molar-refractivity contribution is 5.87. The minimum absolute atomic E-state index is 0.0157. The lowest BCUT2D eigenvalue weighted by molar-refractivity contribution is -0.134. The van der Waals surface area contributed by atoms with Crippen LogP contribution in [-0.2, 0) is 4.79 Å². The van der Waals surface area contributed by atoms with Crippen molar-refractivity contribution in [3.63, 3.8) is 0 Å². The molecule has 1 fully saturated rings. The molecule has 2 rings (SSSR count). The van der Waals surface area contributed by atoms with E-state index in [0.717, 1.165) is 25.9 Å². The van der Waals surface area contributed by atoms with E-state index in [1.807, 2.05) is 4.90 Å². The Kier molecular flexibility index (Phi) is 4.19. The Labute approximate surface area is 112 Å². The van der Waals surface area contributed by atoms with E-state index in [1.54, 1.807) is 6.92 Å². The molecule has 0 aliphatic carbocycles. The Morgan fingerprint density at radius 1 is 1.26 bits per heavy atom. The third-order valence-corrected chi connectivity index (χ3v) is 3.52. The van der Waals surface area contributed by atoms with E-state index in [-0.39, 0.29) is 11.5 Å². The zero-order chi connectivity index (χ0) is 13.8. The lowest BCUT2D eigenvalue weighted by Gasteiger charge is -2.24. The van der Waals surface area contributed by atoms with Crippen LogP contribution in [0.15, 0.2) is 12.4 Å². The van der Waals surface area contributed by atoms with Gasteiger partial charge in [0.25, 0.3) is 0 Å². The molecule has 1 atom stereocenters. The van der Waals surface area contributed by atoms with Crippen LogP contribution in [0.3, 0.4) is 0 Å². The summed E-state index contributed by atoms with van der Waals surface area (Å²) in [6, 6.07) is -0.453. The molecule has 1 aliphatic heterocycles. The van der Waals surface area contributed by atoms with Crippen molar-refractivity contribution in [3.8, 4) is 0 Å². The van der Waals surface area contributed by atoms with Crippen LogP contribution in [0.4, 0.5) is 0 Å². The fourth-order valence-corrected chi connectivity index (χ4v) is 2.33. The molecule has 6 heteroatoms. The second-order valence-electron chi connectivity index (χ2n) is 4.93. The maximum Gasteiger partial charge on any atom is 0.338 e. The van der Waals surface area contributed by atoms with Gasteiger partial charge in [-0.25, -0.2) is 4.79 Å². The monoisotopic (exact) mass is 265 g/mol. The number of carboxylic acids is 1. The number of rotatable bonds is 3. The predicted molar refractivity (Wildman–Crippen MR) is 68.9 cm³/mol. The van der Waals surface area contributed by atoms with Crippen molar-refractivity contribution in [2.45, 2.75) is 38.6 Å². The van der Waals surface area contributed by atoms with Crippen molar-refractivity contribution in [1.82, 2.24) is 14.7 Å². The molecule has 19 heavy (non-hydrogen) atoms. The number of carbonyl (C=O) groups excluding carboxylic acids is 1. The lowest BCUT2D eigenvalue weighted by Crippen LogP contribution is -2.37. The average molecular weight is 265 g/mol. The Morgan fingerprint density at radius 3 is 2.42 bits per heavy atom. The summed E-state index contributed by atoms with van der Waals surface area (Å²) in [6.45, 7) is 3.33. The average Bonchev–Trinajstić information content (AvgIpc) is 2.73. The largest absolute Gasteiger partial charge is 0.478 e. The van der Waals surface area contributed by atoms with Crippen molar-refractivity contribution in [2.24, 2.45) is 0 Å². The van der Waals surface area contributed by atoms with Gasteiger partial charge in [-0.15, -0.1) is 0 Å². The molecule has 2 heterocycles. The summed E-state index contributed by atoms with van der Waals surface area (Å²) in [5.74, 6) is -1.01. The van der Waals surface area contributed by atoms with Gasteiger partial charge in [-0.05, 0) is 19.8 Å². The van der Waals surface area contributed by atoms with Gasteiger partial charge < -0.3 is 10.0 Å². The van der Waals surface area contributed by atoms with Crippen LogP contribution in [0.2, 0.25) is 0 Å². The van der Waals surface area contributed by atoms with Crippen LogP contribution < -0.4 is 0 Å². The predicted octanol–water partition coefficient (Wildman–Crippen LogP) is 1.54. The van der Waals surface area contributed by atoms with Crippen LogP contribution in [0.1, 0.15) is 49.0 Å². The van der Waals surface area contributed by atoms with E-state index in [2.05, 4.69) is 5.10 Å². The number of hydrogen-bond acceptors (Lipinski definition) is 3. The summed E-state index contributed by atoms with van der Waals surface area (Å²) in [4.78, 5) is 25.0. The molecule has 1 aromatic rings. The second kappa shape index (κ2) is 5.86. The van der Waals surface area contributed by atoms with E-state index in [4.69, 9.17) is 5.11 Å². The first-order chi connectivity index (χ1) is 9.09. The summed E-state index contributed by atoms with van der Waals surface area (Å²) in [5.41, 5.74) is 0.107. The van der Waals surface area contributed by atoms with Crippen LogP contribution in [0, 0.1) is 0 Å². The topological polar surface area (TPSA) is 75.4 Å². The first-order valence-electron chi connectivity index (χ1n) is 6.66. The zero-order valence-corrected chi connectivity index (χ0v) is 11.1. The number of likely N-dealkylation sites (tertiary alicyclic amines) is 1. The molecule has 0 saturated carbocycles. The molecule has 6 nitrogen and oxygen atoms in total. The molecule has 1 saturated heterocycles. The van der Waals surface area contributed by atoms with Gasteiger partial charge in [0.1, 0.15) is 6.04 Å². The van der Waals surface area contributed by atoms with E-state index in [1.165, 1.54) is 29.9 Å². The molecule has 0 aromatic carbocycles. The number of nitrogens with zero attached hydrogens (tertiary/aromatic N) is 3. The Hall–Kier alpha value is -1.85. The van der Waals surface area contributed by atoms with Gasteiger partial charge in [0, 0.05) is 19.3 Å². The number of hydrogen-bond donors (Lipinski definition) is 1. The van der Waals surface area contributed by atoms with Crippen LogP contribution >= 0.6 is 0 Å². The molecule has 104 valence electrons. The minimum atomic E-state index is -1.03. The number of amides is 1. The molecule has 0 spiro atoms. The summed E-state index contributed by atoms with van der Waals surface area (Å²) in [6.07, 6.45) is 7.10. The van der Waals surface area contributed by atoms with Gasteiger partial charge in [0.2, 0.25) is 5.91 Å². The van der Waals surface area contributed by atoms with Crippen LogP contribution in [0.5, 0.6) is 0 Å². The SMILES string of the molecule is CC(C(=O)N1CCCCCC1)n1cc(C(=O)O)cn1. The van der Waals surface area contributed by atoms with Crippen molar-refractivity contribution >= 4 is 11.9 Å². The minimum Gasteiger partial charge on any atom is -0.478 e. The second-order valence-corrected chi connectivity index (χ2v) is 4.93. The van der Waals surface area contributed by atoms with Crippen LogP contribution in [-0.4, -0.2) is 44.8 Å². The smallest absolute Gasteiger partial charge is 0.338 e. The first-order valence-corrected chi connectivity index (χ1v) is 6.66. The number of carboxylic acid groups (broad SMARTS) is 1. The van der Waals surface area contributed by atoms with Gasteiger partial charge >= 0.3 is 5.97 Å².